The summed E-state index contributed by atoms with van der Waals surface area (Å²) in [7, 11) is 0. The molecule has 0 radical (unpaired) electrons. The number of nitrogens with zero attached hydrogens (tertiary/aromatic N) is 1. The van der Waals surface area contributed by atoms with Gasteiger partial charge in [0.25, 0.3) is 5.91 Å². The zero-order valence-corrected chi connectivity index (χ0v) is 9.35. The third-order valence-corrected chi connectivity index (χ3v) is 3.60. The Morgan fingerprint density at radius 3 is 3.14 bits per heavy atom. The summed E-state index contributed by atoms with van der Waals surface area (Å²) in [5.41, 5.74) is 0. The van der Waals surface area contributed by atoms with Crippen LogP contribution in [-0.2, 0) is 0 Å². The standard InChI is InChI=1S/C10H12ClNOS/c11-8-3-1-5-12(7-8)10(13)9-4-2-6-14-9/h2,4,6,8H,1,3,5,7H2. The number of carbonyl (C=O) groups is 1. The van der Waals surface area contributed by atoms with Crippen molar-refractivity contribution in [3.8, 4) is 0 Å². The predicted molar refractivity (Wildman–Crippen MR) is 59.1 cm³/mol. The van der Waals surface area contributed by atoms with E-state index in [4.69, 9.17) is 11.6 Å². The molecule has 2 heterocycles. The highest BCUT2D eigenvalue weighted by Gasteiger charge is 2.23. The monoisotopic (exact) mass is 229 g/mol. The lowest BCUT2D eigenvalue weighted by Crippen LogP contribution is -2.40. The summed E-state index contributed by atoms with van der Waals surface area (Å²) in [5.74, 6) is 0.130. The van der Waals surface area contributed by atoms with Crippen LogP contribution in [-0.4, -0.2) is 29.3 Å². The Morgan fingerprint density at radius 1 is 1.64 bits per heavy atom. The van der Waals surface area contributed by atoms with Crippen molar-refractivity contribution in [3.63, 3.8) is 0 Å². The van der Waals surface area contributed by atoms with Gasteiger partial charge < -0.3 is 4.90 Å². The molecule has 2 rings (SSSR count). The number of amides is 1. The van der Waals surface area contributed by atoms with E-state index in [0.29, 0.717) is 6.54 Å². The van der Waals surface area contributed by atoms with E-state index < -0.39 is 0 Å². The zero-order chi connectivity index (χ0) is 9.97. The van der Waals surface area contributed by atoms with E-state index >= 15 is 0 Å². The number of halogens is 1. The van der Waals surface area contributed by atoms with E-state index in [9.17, 15) is 4.79 Å². The van der Waals surface area contributed by atoms with Crippen LogP contribution < -0.4 is 0 Å². The fourth-order valence-corrected chi connectivity index (χ4v) is 2.68. The number of likely N-dealkylation sites (tertiary alicyclic amines) is 1. The first-order valence-corrected chi connectivity index (χ1v) is 6.06. The lowest BCUT2D eigenvalue weighted by atomic mass is 10.1. The highest BCUT2D eigenvalue weighted by Crippen LogP contribution is 2.19. The van der Waals surface area contributed by atoms with E-state index in [2.05, 4.69) is 0 Å². The first-order chi connectivity index (χ1) is 6.77. The Bertz CT molecular complexity index is 312. The normalized spacial score (nSPS) is 22.4. The molecule has 0 N–H and O–H groups in total. The molecular weight excluding hydrogens is 218 g/mol. The van der Waals surface area contributed by atoms with Crippen molar-refractivity contribution in [2.24, 2.45) is 0 Å². The minimum Gasteiger partial charge on any atom is -0.336 e. The van der Waals surface area contributed by atoms with Gasteiger partial charge in [-0.3, -0.25) is 4.79 Å². The maximum absolute atomic E-state index is 11.9. The molecule has 1 aliphatic rings. The van der Waals surface area contributed by atoms with Crippen LogP contribution in [0.15, 0.2) is 17.5 Å². The molecule has 76 valence electrons. The number of alkyl halides is 1. The van der Waals surface area contributed by atoms with E-state index in [1.54, 1.807) is 0 Å². The third-order valence-electron chi connectivity index (χ3n) is 2.38. The van der Waals surface area contributed by atoms with Crippen molar-refractivity contribution in [2.45, 2.75) is 18.2 Å². The molecule has 0 aromatic carbocycles. The van der Waals surface area contributed by atoms with Gasteiger partial charge in [0.1, 0.15) is 0 Å². The SMILES string of the molecule is O=C(c1cccs1)N1CCCC(Cl)C1. The number of piperidine rings is 1. The van der Waals surface area contributed by atoms with Gasteiger partial charge in [-0.1, -0.05) is 6.07 Å². The van der Waals surface area contributed by atoms with E-state index in [0.717, 1.165) is 24.3 Å². The molecule has 1 aliphatic heterocycles. The van der Waals surface area contributed by atoms with Gasteiger partial charge in [-0.15, -0.1) is 22.9 Å². The van der Waals surface area contributed by atoms with Crippen LogP contribution in [0.3, 0.4) is 0 Å². The smallest absolute Gasteiger partial charge is 0.263 e. The second-order valence-corrected chi connectivity index (χ2v) is 5.03. The van der Waals surface area contributed by atoms with Gasteiger partial charge in [-0.05, 0) is 24.3 Å². The summed E-state index contributed by atoms with van der Waals surface area (Å²) in [5, 5.41) is 2.06. The Balaban J connectivity index is 2.04. The number of hydrogen-bond acceptors (Lipinski definition) is 2. The third kappa shape index (κ3) is 2.10. The summed E-state index contributed by atoms with van der Waals surface area (Å²) in [4.78, 5) is 14.6. The fourth-order valence-electron chi connectivity index (χ4n) is 1.67. The van der Waals surface area contributed by atoms with Gasteiger partial charge in [0.2, 0.25) is 0 Å². The van der Waals surface area contributed by atoms with Crippen molar-refractivity contribution in [1.29, 1.82) is 0 Å². The minimum absolute atomic E-state index is 0.130. The molecule has 0 saturated carbocycles. The number of rotatable bonds is 1. The zero-order valence-electron chi connectivity index (χ0n) is 7.78. The molecule has 1 aromatic rings. The van der Waals surface area contributed by atoms with E-state index in [-0.39, 0.29) is 11.3 Å². The molecule has 1 amide bonds. The molecule has 2 nitrogen and oxygen atoms in total. The van der Waals surface area contributed by atoms with Gasteiger partial charge in [-0.25, -0.2) is 0 Å². The first-order valence-electron chi connectivity index (χ1n) is 4.74. The van der Waals surface area contributed by atoms with Crippen molar-refractivity contribution < 1.29 is 4.79 Å². The number of carbonyl (C=O) groups excluding carboxylic acids is 1. The molecular formula is C10H12ClNOS. The Labute approximate surface area is 92.5 Å². The summed E-state index contributed by atoms with van der Waals surface area (Å²) >= 11 is 7.52. The van der Waals surface area contributed by atoms with Crippen LogP contribution in [0.5, 0.6) is 0 Å². The molecule has 0 aliphatic carbocycles. The van der Waals surface area contributed by atoms with E-state index in [1.807, 2.05) is 22.4 Å². The summed E-state index contributed by atoms with van der Waals surface area (Å²) in [6.07, 6.45) is 2.04. The molecule has 1 fully saturated rings. The van der Waals surface area contributed by atoms with Crippen LogP contribution in [0.4, 0.5) is 0 Å². The van der Waals surface area contributed by atoms with Crippen LogP contribution in [0.1, 0.15) is 22.5 Å². The second kappa shape index (κ2) is 4.32. The van der Waals surface area contributed by atoms with Crippen LogP contribution in [0, 0.1) is 0 Å². The average Bonchev–Trinajstić information content (AvgIpc) is 2.69. The van der Waals surface area contributed by atoms with Gasteiger partial charge in [-0.2, -0.15) is 0 Å². The summed E-state index contributed by atoms with van der Waals surface area (Å²) in [6.45, 7) is 1.54. The molecule has 1 aromatic heterocycles. The molecule has 0 spiro atoms. The quantitative estimate of drug-likeness (QED) is 0.678. The average molecular weight is 230 g/mol. The maximum Gasteiger partial charge on any atom is 0.263 e. The Kier molecular flexibility index (Phi) is 3.08. The maximum atomic E-state index is 11.9. The molecule has 1 saturated heterocycles. The van der Waals surface area contributed by atoms with Gasteiger partial charge in [0, 0.05) is 13.1 Å². The molecule has 14 heavy (non-hydrogen) atoms. The molecule has 0 bridgehead atoms. The van der Waals surface area contributed by atoms with Crippen LogP contribution in [0.25, 0.3) is 0 Å². The molecule has 4 heteroatoms. The molecule has 1 unspecified atom stereocenters. The Morgan fingerprint density at radius 2 is 2.50 bits per heavy atom. The van der Waals surface area contributed by atoms with Crippen molar-refractivity contribution in [1.82, 2.24) is 4.90 Å². The van der Waals surface area contributed by atoms with Crippen molar-refractivity contribution in [3.05, 3.63) is 22.4 Å². The topological polar surface area (TPSA) is 20.3 Å². The number of hydrogen-bond donors (Lipinski definition) is 0. The van der Waals surface area contributed by atoms with Gasteiger partial charge in [0.05, 0.1) is 10.3 Å². The van der Waals surface area contributed by atoms with Gasteiger partial charge >= 0.3 is 0 Å². The predicted octanol–water partition coefficient (Wildman–Crippen LogP) is 2.59. The van der Waals surface area contributed by atoms with E-state index in [1.165, 1.54) is 11.3 Å². The largest absolute Gasteiger partial charge is 0.336 e. The highest BCUT2D eigenvalue weighted by atomic mass is 35.5. The highest BCUT2D eigenvalue weighted by molar-refractivity contribution is 7.12. The van der Waals surface area contributed by atoms with Crippen LogP contribution in [0.2, 0.25) is 0 Å². The van der Waals surface area contributed by atoms with Gasteiger partial charge in [0.15, 0.2) is 0 Å². The first kappa shape index (κ1) is 9.99. The molecule has 1 atom stereocenters. The lowest BCUT2D eigenvalue weighted by molar-refractivity contribution is 0.0732. The van der Waals surface area contributed by atoms with Crippen LogP contribution >= 0.6 is 22.9 Å². The minimum atomic E-state index is 0.130. The fraction of sp³-hybridized carbons (Fsp3) is 0.500. The number of thiophene rings is 1. The lowest BCUT2D eigenvalue weighted by Gasteiger charge is -2.29. The summed E-state index contributed by atoms with van der Waals surface area (Å²) in [6, 6.07) is 3.77. The summed E-state index contributed by atoms with van der Waals surface area (Å²) < 4.78 is 0. The van der Waals surface area contributed by atoms with Crippen molar-refractivity contribution >= 4 is 28.8 Å². The Hall–Kier alpha value is -0.540. The van der Waals surface area contributed by atoms with Crippen molar-refractivity contribution in [2.75, 3.05) is 13.1 Å². The second-order valence-electron chi connectivity index (χ2n) is 3.47.